The van der Waals surface area contributed by atoms with Crippen molar-refractivity contribution in [3.05, 3.63) is 87.3 Å². The van der Waals surface area contributed by atoms with Crippen molar-refractivity contribution in [3.63, 3.8) is 0 Å². The van der Waals surface area contributed by atoms with Crippen LogP contribution in [0.25, 0.3) is 0 Å². The monoisotopic (exact) mass is 507 g/mol. The lowest BCUT2D eigenvalue weighted by Gasteiger charge is -2.32. The number of aromatic amines is 1. The number of nitrogens with one attached hydrogen (secondary N) is 2. The first-order valence-corrected chi connectivity index (χ1v) is 10.8. The molecule has 0 saturated heterocycles. The number of methoxy groups -OCH3 is 1. The van der Waals surface area contributed by atoms with Crippen molar-refractivity contribution in [1.29, 1.82) is 0 Å². The Balaban J connectivity index is 1.85. The van der Waals surface area contributed by atoms with Gasteiger partial charge in [0.2, 0.25) is 0 Å². The highest BCUT2D eigenvalue weighted by atomic mass is 19.4. The van der Waals surface area contributed by atoms with Crippen LogP contribution in [0.5, 0.6) is 11.5 Å². The summed E-state index contributed by atoms with van der Waals surface area (Å²) in [5.41, 5.74) is -0.340. The van der Waals surface area contributed by atoms with Crippen LogP contribution in [-0.4, -0.2) is 29.3 Å². The quantitative estimate of drug-likeness (QED) is 0.443. The van der Waals surface area contributed by atoms with E-state index < -0.39 is 40.9 Å². The Kier molecular flexibility index (Phi) is 7.71. The van der Waals surface area contributed by atoms with Gasteiger partial charge in [-0.15, -0.1) is 13.2 Å². The minimum Gasteiger partial charge on any atom is -0.497 e. The van der Waals surface area contributed by atoms with Gasteiger partial charge in [-0.2, -0.15) is 0 Å². The molecule has 0 aliphatic carbocycles. The molecule has 3 aromatic rings. The fourth-order valence-electron chi connectivity index (χ4n) is 3.55. The van der Waals surface area contributed by atoms with Crippen molar-refractivity contribution in [3.8, 4) is 11.5 Å². The van der Waals surface area contributed by atoms with Crippen molar-refractivity contribution in [2.24, 2.45) is 5.41 Å². The average Bonchev–Trinajstić information content (AvgIpc) is 2.77. The number of ether oxygens (including phenoxy) is 2. The zero-order valence-corrected chi connectivity index (χ0v) is 20.0. The molecule has 0 fully saturated rings. The van der Waals surface area contributed by atoms with Crippen LogP contribution < -0.4 is 20.3 Å². The summed E-state index contributed by atoms with van der Waals surface area (Å²) >= 11 is 0. The number of aromatic nitrogens is 2. The summed E-state index contributed by atoms with van der Waals surface area (Å²) in [7, 11) is 1.54. The Labute approximate surface area is 204 Å². The fraction of sp³-hybridized carbons (Fsp3) is 0.320. The third-order valence-corrected chi connectivity index (χ3v) is 5.21. The number of nitrogens with zero attached hydrogens (tertiary/aromatic N) is 1. The molecule has 0 spiro atoms. The van der Waals surface area contributed by atoms with E-state index in [-0.39, 0.29) is 23.5 Å². The second kappa shape index (κ2) is 10.4. The molecule has 2 N–H and O–H groups in total. The predicted molar refractivity (Wildman–Crippen MR) is 123 cm³/mol. The van der Waals surface area contributed by atoms with Crippen LogP contribution in [0, 0.1) is 11.2 Å². The molecule has 7 nitrogen and oxygen atoms in total. The molecule has 0 aliphatic heterocycles. The summed E-state index contributed by atoms with van der Waals surface area (Å²) in [6.07, 6.45) is -4.80. The number of carbonyl (C=O) groups is 1. The van der Waals surface area contributed by atoms with Gasteiger partial charge in [0.25, 0.3) is 11.5 Å². The Morgan fingerprint density at radius 2 is 1.75 bits per heavy atom. The van der Waals surface area contributed by atoms with Crippen molar-refractivity contribution in [1.82, 2.24) is 15.3 Å². The number of alkyl halides is 3. The lowest BCUT2D eigenvalue weighted by atomic mass is 9.82. The molecule has 0 bridgehead atoms. The highest BCUT2D eigenvalue weighted by Gasteiger charge is 2.34. The van der Waals surface area contributed by atoms with Gasteiger partial charge in [-0.3, -0.25) is 9.59 Å². The van der Waals surface area contributed by atoms with Gasteiger partial charge in [0, 0.05) is 12.5 Å². The van der Waals surface area contributed by atoms with Crippen LogP contribution in [-0.2, 0) is 6.42 Å². The summed E-state index contributed by atoms with van der Waals surface area (Å²) in [5, 5.41) is 2.72. The Bertz CT molecular complexity index is 1280. The van der Waals surface area contributed by atoms with Gasteiger partial charge < -0.3 is 19.8 Å². The standard InChI is InChI=1S/C25H25F4N3O4/c1-24(2,3)22(15-7-10-19(17(26)12-15)36-25(27,28)29)32-23(34)18-13-21(33)31-20(30-18)11-14-5-8-16(35-4)9-6-14/h5-10,12-13,22H,11H2,1-4H3,(H,32,34)(H,30,31,33)/t22-/m0/s1. The topological polar surface area (TPSA) is 93.3 Å². The van der Waals surface area contributed by atoms with E-state index in [9.17, 15) is 27.2 Å². The number of carbonyl (C=O) groups excluding carboxylic acids is 1. The number of hydrogen-bond acceptors (Lipinski definition) is 5. The molecule has 1 amide bonds. The summed E-state index contributed by atoms with van der Waals surface area (Å²) in [4.78, 5) is 32.1. The number of rotatable bonds is 7. The lowest BCUT2D eigenvalue weighted by molar-refractivity contribution is -0.275. The molecule has 11 heteroatoms. The highest BCUT2D eigenvalue weighted by Crippen LogP contribution is 2.35. The maximum Gasteiger partial charge on any atom is 0.573 e. The minimum atomic E-state index is -5.05. The first-order chi connectivity index (χ1) is 16.7. The Morgan fingerprint density at radius 1 is 1.08 bits per heavy atom. The van der Waals surface area contributed by atoms with Crippen LogP contribution in [0.3, 0.4) is 0 Å². The molecule has 0 unspecified atom stereocenters. The van der Waals surface area contributed by atoms with E-state index in [0.29, 0.717) is 5.75 Å². The molecule has 2 aromatic carbocycles. The van der Waals surface area contributed by atoms with Gasteiger partial charge in [0.05, 0.1) is 13.2 Å². The van der Waals surface area contributed by atoms with Crippen molar-refractivity contribution >= 4 is 5.91 Å². The normalized spacial score (nSPS) is 12.7. The van der Waals surface area contributed by atoms with E-state index in [2.05, 4.69) is 20.0 Å². The number of hydrogen-bond donors (Lipinski definition) is 2. The molecular formula is C25H25F4N3O4. The zero-order valence-electron chi connectivity index (χ0n) is 20.0. The van der Waals surface area contributed by atoms with Crippen LogP contribution in [0.2, 0.25) is 0 Å². The maximum absolute atomic E-state index is 14.3. The molecule has 1 aromatic heterocycles. The molecular weight excluding hydrogens is 482 g/mol. The van der Waals surface area contributed by atoms with E-state index in [1.165, 1.54) is 6.07 Å². The zero-order chi connectivity index (χ0) is 26.7. The summed E-state index contributed by atoms with van der Waals surface area (Å²) in [6.45, 7) is 5.28. The van der Waals surface area contributed by atoms with Crippen LogP contribution in [0.4, 0.5) is 17.6 Å². The summed E-state index contributed by atoms with van der Waals surface area (Å²) in [5.74, 6) is -2.00. The van der Waals surface area contributed by atoms with Crippen LogP contribution >= 0.6 is 0 Å². The minimum absolute atomic E-state index is 0.158. The number of amides is 1. The Hall–Kier alpha value is -3.89. The fourth-order valence-corrected chi connectivity index (χ4v) is 3.55. The highest BCUT2D eigenvalue weighted by molar-refractivity contribution is 5.92. The van der Waals surface area contributed by atoms with Gasteiger partial charge in [-0.05, 0) is 40.8 Å². The second-order valence-electron chi connectivity index (χ2n) is 9.11. The van der Waals surface area contributed by atoms with Gasteiger partial charge in [-0.1, -0.05) is 39.0 Å². The summed E-state index contributed by atoms with van der Waals surface area (Å²) < 4.78 is 60.6. The molecule has 192 valence electrons. The number of H-pyrrole nitrogens is 1. The van der Waals surface area contributed by atoms with Crippen LogP contribution in [0.15, 0.2) is 53.3 Å². The summed E-state index contributed by atoms with van der Waals surface area (Å²) in [6, 6.07) is 10.3. The lowest BCUT2D eigenvalue weighted by Crippen LogP contribution is -2.37. The van der Waals surface area contributed by atoms with E-state index in [0.717, 1.165) is 23.8 Å². The second-order valence-corrected chi connectivity index (χ2v) is 9.11. The molecule has 3 rings (SSSR count). The molecule has 0 aliphatic rings. The van der Waals surface area contributed by atoms with Crippen molar-refractivity contribution in [2.45, 2.75) is 39.6 Å². The van der Waals surface area contributed by atoms with E-state index >= 15 is 0 Å². The largest absolute Gasteiger partial charge is 0.573 e. The van der Waals surface area contributed by atoms with Gasteiger partial charge >= 0.3 is 6.36 Å². The molecule has 0 saturated carbocycles. The SMILES string of the molecule is COc1ccc(Cc2nc(C(=O)N[C@@H](c3ccc(OC(F)(F)F)c(F)c3)C(C)(C)C)cc(=O)[nH]2)cc1. The molecule has 36 heavy (non-hydrogen) atoms. The number of benzene rings is 2. The van der Waals surface area contributed by atoms with Crippen LogP contribution in [0.1, 0.15) is 54.3 Å². The van der Waals surface area contributed by atoms with Crippen molar-refractivity contribution in [2.75, 3.05) is 7.11 Å². The van der Waals surface area contributed by atoms with E-state index in [1.54, 1.807) is 52.1 Å². The van der Waals surface area contributed by atoms with E-state index in [4.69, 9.17) is 4.74 Å². The van der Waals surface area contributed by atoms with E-state index in [1.807, 2.05) is 0 Å². The predicted octanol–water partition coefficient (Wildman–Crippen LogP) is 4.92. The molecule has 1 heterocycles. The Morgan fingerprint density at radius 3 is 2.31 bits per heavy atom. The maximum atomic E-state index is 14.3. The molecule has 1 atom stereocenters. The first-order valence-electron chi connectivity index (χ1n) is 10.8. The van der Waals surface area contributed by atoms with Gasteiger partial charge in [0.1, 0.15) is 17.3 Å². The third-order valence-electron chi connectivity index (χ3n) is 5.21. The van der Waals surface area contributed by atoms with Gasteiger partial charge in [0.15, 0.2) is 11.6 Å². The molecule has 0 radical (unpaired) electrons. The van der Waals surface area contributed by atoms with Gasteiger partial charge in [-0.25, -0.2) is 9.37 Å². The third kappa shape index (κ3) is 7.06. The van der Waals surface area contributed by atoms with Crippen molar-refractivity contribution < 1.29 is 31.8 Å². The number of halogens is 4. The first kappa shape index (κ1) is 26.7. The smallest absolute Gasteiger partial charge is 0.497 e. The average molecular weight is 507 g/mol.